The van der Waals surface area contributed by atoms with E-state index in [0.717, 1.165) is 32.0 Å². The highest BCUT2D eigenvalue weighted by atomic mass is 127. The summed E-state index contributed by atoms with van der Waals surface area (Å²) >= 11 is 0. The fourth-order valence-corrected chi connectivity index (χ4v) is 2.38. The highest BCUT2D eigenvalue weighted by Gasteiger charge is 2.22. The molecule has 0 unspecified atom stereocenters. The van der Waals surface area contributed by atoms with Gasteiger partial charge in [-0.3, -0.25) is 4.99 Å². The average molecular weight is 373 g/mol. The molecule has 0 saturated heterocycles. The van der Waals surface area contributed by atoms with Crippen LogP contribution in [0, 0.1) is 6.92 Å². The smallest absolute Gasteiger partial charge is 0.191 e. The highest BCUT2D eigenvalue weighted by Crippen LogP contribution is 2.25. The second-order valence-electron chi connectivity index (χ2n) is 5.56. The fourth-order valence-electron chi connectivity index (χ4n) is 2.38. The Morgan fingerprint density at radius 1 is 1.32 bits per heavy atom. The highest BCUT2D eigenvalue weighted by molar-refractivity contribution is 14.0. The van der Waals surface area contributed by atoms with Crippen LogP contribution < -0.4 is 10.6 Å². The molecule has 0 radical (unpaired) electrons. The summed E-state index contributed by atoms with van der Waals surface area (Å²) in [6, 6.07) is 8.59. The molecule has 0 bridgehead atoms. The Hall–Kier alpha value is -0.780. The predicted molar refractivity (Wildman–Crippen MR) is 92.5 cm³/mol. The van der Waals surface area contributed by atoms with Crippen LogP contribution in [0.3, 0.4) is 0 Å². The first-order valence-electron chi connectivity index (χ1n) is 6.68. The van der Waals surface area contributed by atoms with Crippen molar-refractivity contribution in [2.24, 2.45) is 4.99 Å². The number of hydrogen-bond donors (Lipinski definition) is 2. The normalized spacial score (nSPS) is 15.0. The lowest BCUT2D eigenvalue weighted by Crippen LogP contribution is -2.45. The second-order valence-corrected chi connectivity index (χ2v) is 5.56. The number of hydrogen-bond acceptors (Lipinski definition) is 3. The van der Waals surface area contributed by atoms with Crippen molar-refractivity contribution in [3.05, 3.63) is 35.4 Å². The van der Waals surface area contributed by atoms with Gasteiger partial charge in [-0.25, -0.2) is 0 Å². The summed E-state index contributed by atoms with van der Waals surface area (Å²) in [4.78, 5) is 4.44. The molecule has 0 fully saturated rings. The number of guanidine groups is 1. The number of halogens is 1. The van der Waals surface area contributed by atoms with E-state index in [4.69, 9.17) is 0 Å². The van der Waals surface area contributed by atoms with Gasteiger partial charge in [0, 0.05) is 25.0 Å². The van der Waals surface area contributed by atoms with Crippen LogP contribution in [0.1, 0.15) is 31.4 Å². The minimum absolute atomic E-state index is 0. The molecule has 0 spiro atoms. The van der Waals surface area contributed by atoms with Crippen LogP contribution in [-0.2, 0) is 5.41 Å². The third-order valence-corrected chi connectivity index (χ3v) is 3.47. The third kappa shape index (κ3) is 4.37. The van der Waals surface area contributed by atoms with Gasteiger partial charge < -0.3 is 10.6 Å². The minimum Gasteiger partial charge on any atom is -0.356 e. The molecule has 0 amide bonds. The van der Waals surface area contributed by atoms with Gasteiger partial charge in [-0.05, 0) is 24.5 Å². The molecule has 106 valence electrons. The zero-order valence-corrected chi connectivity index (χ0v) is 14.3. The molecule has 3 nitrogen and oxygen atoms in total. The maximum atomic E-state index is 4.44. The summed E-state index contributed by atoms with van der Waals surface area (Å²) < 4.78 is 0. The van der Waals surface area contributed by atoms with Crippen molar-refractivity contribution in [1.29, 1.82) is 0 Å². The maximum absolute atomic E-state index is 4.44. The molecule has 0 saturated carbocycles. The Morgan fingerprint density at radius 2 is 2.05 bits per heavy atom. The van der Waals surface area contributed by atoms with E-state index >= 15 is 0 Å². The fraction of sp³-hybridized carbons (Fsp3) is 0.533. The Balaban J connectivity index is 0.00000180. The number of nitrogens with one attached hydrogen (secondary N) is 2. The van der Waals surface area contributed by atoms with Gasteiger partial charge in [0.1, 0.15) is 0 Å². The Bertz CT molecular complexity index is 441. The number of nitrogens with zero attached hydrogens (tertiary/aromatic N) is 1. The molecule has 2 rings (SSSR count). The molecule has 1 aliphatic rings. The third-order valence-electron chi connectivity index (χ3n) is 3.47. The van der Waals surface area contributed by atoms with Gasteiger partial charge in [-0.15, -0.1) is 24.0 Å². The van der Waals surface area contributed by atoms with E-state index < -0.39 is 0 Å². The summed E-state index contributed by atoms with van der Waals surface area (Å²) in [6.07, 6.45) is 1.13. The predicted octanol–water partition coefficient (Wildman–Crippen LogP) is 2.83. The average Bonchev–Trinajstić information content (AvgIpc) is 2.38. The summed E-state index contributed by atoms with van der Waals surface area (Å²) in [5.41, 5.74) is 2.85. The SMILES string of the molecule is Cc1ccccc1C(C)(C)CNC1=NCCCN1.I. The molecule has 2 N–H and O–H groups in total. The first-order valence-corrected chi connectivity index (χ1v) is 6.68. The second kappa shape index (κ2) is 7.12. The Labute approximate surface area is 133 Å². The quantitative estimate of drug-likeness (QED) is 0.800. The van der Waals surface area contributed by atoms with E-state index in [9.17, 15) is 0 Å². The van der Waals surface area contributed by atoms with Gasteiger partial charge in [0.15, 0.2) is 5.96 Å². The van der Waals surface area contributed by atoms with Gasteiger partial charge in [-0.2, -0.15) is 0 Å². The summed E-state index contributed by atoms with van der Waals surface area (Å²) in [5.74, 6) is 0.947. The van der Waals surface area contributed by atoms with Crippen LogP contribution in [0.4, 0.5) is 0 Å². The van der Waals surface area contributed by atoms with E-state index in [0.29, 0.717) is 0 Å². The van der Waals surface area contributed by atoms with Crippen molar-refractivity contribution >= 4 is 29.9 Å². The number of benzene rings is 1. The summed E-state index contributed by atoms with van der Waals surface area (Å²) in [6.45, 7) is 9.56. The van der Waals surface area contributed by atoms with Gasteiger partial charge in [0.05, 0.1) is 0 Å². The largest absolute Gasteiger partial charge is 0.356 e. The molecule has 0 aromatic heterocycles. The van der Waals surface area contributed by atoms with Crippen molar-refractivity contribution in [3.63, 3.8) is 0 Å². The van der Waals surface area contributed by atoms with Crippen LogP contribution in [0.5, 0.6) is 0 Å². The van der Waals surface area contributed by atoms with Crippen molar-refractivity contribution < 1.29 is 0 Å². The van der Waals surface area contributed by atoms with E-state index in [1.54, 1.807) is 0 Å². The van der Waals surface area contributed by atoms with Gasteiger partial charge in [0.2, 0.25) is 0 Å². The molecule has 4 heteroatoms. The zero-order chi connectivity index (χ0) is 13.0. The molecule has 19 heavy (non-hydrogen) atoms. The van der Waals surface area contributed by atoms with Crippen LogP contribution in [0.2, 0.25) is 0 Å². The van der Waals surface area contributed by atoms with Crippen molar-refractivity contribution in [3.8, 4) is 0 Å². The molecule has 0 atom stereocenters. The van der Waals surface area contributed by atoms with Crippen LogP contribution in [-0.4, -0.2) is 25.6 Å². The monoisotopic (exact) mass is 373 g/mol. The standard InChI is InChI=1S/C15H23N3.HI/c1-12-7-4-5-8-13(12)15(2,3)11-18-14-16-9-6-10-17-14;/h4-5,7-8H,6,9-11H2,1-3H3,(H2,16,17,18);1H. The number of aliphatic imine (C=N–C) groups is 1. The minimum atomic E-state index is 0. The maximum Gasteiger partial charge on any atom is 0.191 e. The zero-order valence-electron chi connectivity index (χ0n) is 12.0. The molecule has 1 aromatic carbocycles. The first-order chi connectivity index (χ1) is 8.59. The van der Waals surface area contributed by atoms with E-state index in [1.165, 1.54) is 11.1 Å². The molecule has 0 aliphatic carbocycles. The molecule has 1 heterocycles. The summed E-state index contributed by atoms with van der Waals surface area (Å²) in [5, 5.41) is 6.72. The number of aryl methyl sites for hydroxylation is 1. The van der Waals surface area contributed by atoms with E-state index in [-0.39, 0.29) is 29.4 Å². The van der Waals surface area contributed by atoms with Crippen molar-refractivity contribution in [2.45, 2.75) is 32.6 Å². The van der Waals surface area contributed by atoms with Gasteiger partial charge >= 0.3 is 0 Å². The molecular weight excluding hydrogens is 349 g/mol. The Morgan fingerprint density at radius 3 is 2.68 bits per heavy atom. The van der Waals surface area contributed by atoms with E-state index in [2.05, 4.69) is 60.7 Å². The lowest BCUT2D eigenvalue weighted by atomic mass is 9.82. The summed E-state index contributed by atoms with van der Waals surface area (Å²) in [7, 11) is 0. The lowest BCUT2D eigenvalue weighted by molar-refractivity contribution is 0.503. The van der Waals surface area contributed by atoms with Gasteiger partial charge in [0.25, 0.3) is 0 Å². The Kier molecular flexibility index (Phi) is 6.10. The van der Waals surface area contributed by atoms with Crippen LogP contribution >= 0.6 is 24.0 Å². The van der Waals surface area contributed by atoms with E-state index in [1.807, 2.05) is 0 Å². The lowest BCUT2D eigenvalue weighted by Gasteiger charge is -2.29. The molecular formula is C15H24IN3. The number of rotatable bonds is 3. The molecule has 1 aliphatic heterocycles. The van der Waals surface area contributed by atoms with Crippen molar-refractivity contribution in [2.75, 3.05) is 19.6 Å². The van der Waals surface area contributed by atoms with Crippen LogP contribution in [0.15, 0.2) is 29.3 Å². The van der Waals surface area contributed by atoms with Crippen LogP contribution in [0.25, 0.3) is 0 Å². The van der Waals surface area contributed by atoms with Gasteiger partial charge in [-0.1, -0.05) is 38.1 Å². The topological polar surface area (TPSA) is 36.4 Å². The van der Waals surface area contributed by atoms with Crippen molar-refractivity contribution in [1.82, 2.24) is 10.6 Å². The molecule has 1 aromatic rings. The first kappa shape index (κ1) is 16.3.